The fraction of sp³-hybridized carbons (Fsp3) is 0.150. The van der Waals surface area contributed by atoms with Crippen LogP contribution in [0.25, 0.3) is 10.8 Å². The molecule has 0 aliphatic carbocycles. The lowest BCUT2D eigenvalue weighted by molar-refractivity contribution is -0.127. The Morgan fingerprint density at radius 3 is 2.71 bits per heavy atom. The number of hydrogen-bond acceptors (Lipinski definition) is 2. The fourth-order valence-corrected chi connectivity index (χ4v) is 3.19. The molecule has 0 saturated heterocycles. The van der Waals surface area contributed by atoms with Crippen molar-refractivity contribution in [2.75, 3.05) is 0 Å². The molecule has 0 unspecified atom stereocenters. The van der Waals surface area contributed by atoms with E-state index in [1.54, 1.807) is 0 Å². The van der Waals surface area contributed by atoms with E-state index in [1.165, 1.54) is 5.39 Å². The molecule has 3 aromatic carbocycles. The normalized spacial score (nSPS) is 15.8. The molecule has 0 bridgehead atoms. The summed E-state index contributed by atoms with van der Waals surface area (Å²) in [6, 6.07) is 19.6. The standard InChI is InChI=1S/C20H16ClNO2/c21-15-8-5-13(6-9-15)12-22-20(23)19-11-17-16-4-2-1-3-14(16)7-10-18(17)24-19/h1-10,19H,11-12H2,(H,22,23)/t19-/m1/s1. The molecule has 1 amide bonds. The van der Waals surface area contributed by atoms with E-state index in [0.29, 0.717) is 18.0 Å². The number of carbonyl (C=O) groups is 1. The molecule has 0 radical (unpaired) electrons. The first-order valence-corrected chi connectivity index (χ1v) is 8.28. The number of halogens is 1. The first-order chi connectivity index (χ1) is 11.7. The van der Waals surface area contributed by atoms with E-state index < -0.39 is 6.10 Å². The van der Waals surface area contributed by atoms with Gasteiger partial charge < -0.3 is 10.1 Å². The summed E-state index contributed by atoms with van der Waals surface area (Å²) in [5, 5.41) is 5.95. The van der Waals surface area contributed by atoms with Crippen molar-refractivity contribution >= 4 is 28.3 Å². The molecule has 0 spiro atoms. The van der Waals surface area contributed by atoms with Crippen molar-refractivity contribution in [3.8, 4) is 5.75 Å². The Morgan fingerprint density at radius 2 is 1.88 bits per heavy atom. The van der Waals surface area contributed by atoms with Crippen LogP contribution in [0.15, 0.2) is 60.7 Å². The van der Waals surface area contributed by atoms with Gasteiger partial charge in [0.25, 0.3) is 5.91 Å². The smallest absolute Gasteiger partial charge is 0.261 e. The highest BCUT2D eigenvalue weighted by atomic mass is 35.5. The van der Waals surface area contributed by atoms with Crippen LogP contribution in [0.5, 0.6) is 5.75 Å². The number of nitrogens with one attached hydrogen (secondary N) is 1. The minimum Gasteiger partial charge on any atom is -0.480 e. The van der Waals surface area contributed by atoms with Crippen LogP contribution in [0.1, 0.15) is 11.1 Å². The number of benzene rings is 3. The fourth-order valence-electron chi connectivity index (χ4n) is 3.07. The van der Waals surface area contributed by atoms with Gasteiger partial charge in [0.05, 0.1) is 0 Å². The average Bonchev–Trinajstić information content (AvgIpc) is 3.06. The van der Waals surface area contributed by atoms with E-state index in [9.17, 15) is 4.79 Å². The summed E-state index contributed by atoms with van der Waals surface area (Å²) in [4.78, 5) is 12.4. The highest BCUT2D eigenvalue weighted by Gasteiger charge is 2.30. The van der Waals surface area contributed by atoms with Crippen LogP contribution in [0.2, 0.25) is 5.02 Å². The van der Waals surface area contributed by atoms with E-state index in [4.69, 9.17) is 16.3 Å². The Balaban J connectivity index is 1.47. The molecule has 0 saturated carbocycles. The molecule has 4 heteroatoms. The van der Waals surface area contributed by atoms with Crippen LogP contribution < -0.4 is 10.1 Å². The Hall–Kier alpha value is -2.52. The molecule has 1 aliphatic rings. The Labute approximate surface area is 145 Å². The van der Waals surface area contributed by atoms with Gasteiger partial charge in [0, 0.05) is 23.6 Å². The van der Waals surface area contributed by atoms with E-state index >= 15 is 0 Å². The maximum absolute atomic E-state index is 12.4. The van der Waals surface area contributed by atoms with Gasteiger partial charge in [-0.05, 0) is 34.5 Å². The third kappa shape index (κ3) is 2.83. The molecule has 1 heterocycles. The molecule has 1 aliphatic heterocycles. The van der Waals surface area contributed by atoms with E-state index in [2.05, 4.69) is 17.4 Å². The molecule has 4 rings (SSSR count). The number of amides is 1. The predicted octanol–water partition coefficient (Wildman–Crippen LogP) is 4.11. The Morgan fingerprint density at radius 1 is 1.08 bits per heavy atom. The van der Waals surface area contributed by atoms with Gasteiger partial charge in [-0.1, -0.05) is 54.1 Å². The first kappa shape index (κ1) is 15.0. The number of ether oxygens (including phenoxy) is 1. The summed E-state index contributed by atoms with van der Waals surface area (Å²) in [7, 11) is 0. The lowest BCUT2D eigenvalue weighted by Gasteiger charge is -2.11. The van der Waals surface area contributed by atoms with E-state index in [-0.39, 0.29) is 5.91 Å². The van der Waals surface area contributed by atoms with E-state index in [0.717, 1.165) is 22.3 Å². The van der Waals surface area contributed by atoms with Gasteiger partial charge in [-0.25, -0.2) is 0 Å². The van der Waals surface area contributed by atoms with Gasteiger partial charge in [0.2, 0.25) is 0 Å². The highest BCUT2D eigenvalue weighted by Crippen LogP contribution is 2.35. The maximum Gasteiger partial charge on any atom is 0.261 e. The lowest BCUT2D eigenvalue weighted by atomic mass is 10.0. The molecule has 3 aromatic rings. The summed E-state index contributed by atoms with van der Waals surface area (Å²) in [6.45, 7) is 0.465. The van der Waals surface area contributed by atoms with Crippen LogP contribution >= 0.6 is 11.6 Å². The van der Waals surface area contributed by atoms with Crippen LogP contribution in [0.3, 0.4) is 0 Å². The predicted molar refractivity (Wildman–Crippen MR) is 95.4 cm³/mol. The third-order valence-corrected chi connectivity index (χ3v) is 4.58. The lowest BCUT2D eigenvalue weighted by Crippen LogP contribution is -2.37. The summed E-state index contributed by atoms with van der Waals surface area (Å²) in [5.41, 5.74) is 2.12. The molecule has 1 N–H and O–H groups in total. The molecule has 24 heavy (non-hydrogen) atoms. The zero-order valence-corrected chi connectivity index (χ0v) is 13.7. The zero-order valence-electron chi connectivity index (χ0n) is 13.0. The van der Waals surface area contributed by atoms with Gasteiger partial charge in [-0.15, -0.1) is 0 Å². The third-order valence-electron chi connectivity index (χ3n) is 4.33. The minimum absolute atomic E-state index is 0.0924. The maximum atomic E-state index is 12.4. The molecule has 1 atom stereocenters. The Bertz CT molecular complexity index is 905. The molecule has 120 valence electrons. The summed E-state index contributed by atoms with van der Waals surface area (Å²) in [5.74, 6) is 0.713. The van der Waals surface area contributed by atoms with Crippen molar-refractivity contribution in [3.63, 3.8) is 0 Å². The summed E-state index contributed by atoms with van der Waals surface area (Å²) >= 11 is 5.87. The second-order valence-corrected chi connectivity index (χ2v) is 6.35. The second kappa shape index (κ2) is 6.17. The van der Waals surface area contributed by atoms with Crippen LogP contribution in [0.4, 0.5) is 0 Å². The number of carbonyl (C=O) groups excluding carboxylic acids is 1. The van der Waals surface area contributed by atoms with Crippen molar-refractivity contribution in [1.29, 1.82) is 0 Å². The van der Waals surface area contributed by atoms with Crippen LogP contribution in [-0.2, 0) is 17.8 Å². The molecule has 3 nitrogen and oxygen atoms in total. The zero-order chi connectivity index (χ0) is 16.5. The summed E-state index contributed by atoms with van der Waals surface area (Å²) < 4.78 is 5.85. The van der Waals surface area contributed by atoms with Crippen molar-refractivity contribution in [2.24, 2.45) is 0 Å². The minimum atomic E-state index is -0.474. The van der Waals surface area contributed by atoms with Crippen LogP contribution in [0, 0.1) is 0 Å². The molecular weight excluding hydrogens is 322 g/mol. The van der Waals surface area contributed by atoms with Gasteiger partial charge in [-0.3, -0.25) is 4.79 Å². The van der Waals surface area contributed by atoms with Crippen LogP contribution in [-0.4, -0.2) is 12.0 Å². The average molecular weight is 338 g/mol. The SMILES string of the molecule is O=C(NCc1ccc(Cl)cc1)[C@H]1Cc2c(ccc3ccccc23)O1. The van der Waals surface area contributed by atoms with E-state index in [1.807, 2.05) is 48.5 Å². The molecule has 0 aromatic heterocycles. The van der Waals surface area contributed by atoms with Crippen molar-refractivity contribution in [3.05, 3.63) is 76.8 Å². The topological polar surface area (TPSA) is 38.3 Å². The van der Waals surface area contributed by atoms with Crippen molar-refractivity contribution in [2.45, 2.75) is 19.1 Å². The van der Waals surface area contributed by atoms with Gasteiger partial charge in [0.15, 0.2) is 6.10 Å². The van der Waals surface area contributed by atoms with Gasteiger partial charge in [-0.2, -0.15) is 0 Å². The van der Waals surface area contributed by atoms with Crippen molar-refractivity contribution < 1.29 is 9.53 Å². The summed E-state index contributed by atoms with van der Waals surface area (Å²) in [6.07, 6.45) is 0.126. The Kier molecular flexibility index (Phi) is 3.87. The number of fused-ring (bicyclic) bond motifs is 3. The van der Waals surface area contributed by atoms with Crippen molar-refractivity contribution in [1.82, 2.24) is 5.32 Å². The largest absolute Gasteiger partial charge is 0.480 e. The first-order valence-electron chi connectivity index (χ1n) is 7.90. The quantitative estimate of drug-likeness (QED) is 0.781. The highest BCUT2D eigenvalue weighted by molar-refractivity contribution is 6.30. The second-order valence-electron chi connectivity index (χ2n) is 5.92. The molecule has 0 fully saturated rings. The van der Waals surface area contributed by atoms with Gasteiger partial charge >= 0.3 is 0 Å². The molecular formula is C20H16ClNO2. The number of rotatable bonds is 3. The van der Waals surface area contributed by atoms with Gasteiger partial charge in [0.1, 0.15) is 5.75 Å². The number of hydrogen-bond donors (Lipinski definition) is 1. The monoisotopic (exact) mass is 337 g/mol.